The molecule has 1 fully saturated rings. The van der Waals surface area contributed by atoms with Gasteiger partial charge in [0, 0.05) is 26.1 Å². The Kier molecular flexibility index (Phi) is 5.38. The molecule has 2 atom stereocenters. The van der Waals surface area contributed by atoms with Crippen molar-refractivity contribution >= 4 is 6.09 Å². The van der Waals surface area contributed by atoms with Crippen molar-refractivity contribution in [3.63, 3.8) is 0 Å². The lowest BCUT2D eigenvalue weighted by Gasteiger charge is -2.15. The molecule has 1 rings (SSSR count). The Morgan fingerprint density at radius 2 is 2.40 bits per heavy atom. The zero-order valence-corrected chi connectivity index (χ0v) is 8.61. The van der Waals surface area contributed by atoms with Gasteiger partial charge in [-0.1, -0.05) is 0 Å². The Bertz CT molecular complexity index is 195. The van der Waals surface area contributed by atoms with E-state index in [1.54, 1.807) is 0 Å². The maximum atomic E-state index is 10.1. The Labute approximate surface area is 88.6 Å². The summed E-state index contributed by atoms with van der Waals surface area (Å²) in [6.45, 7) is 1.66. The molecule has 0 bridgehead atoms. The summed E-state index contributed by atoms with van der Waals surface area (Å²) < 4.78 is 5.36. The number of nitrogens with one attached hydrogen (secondary N) is 2. The summed E-state index contributed by atoms with van der Waals surface area (Å²) in [4.78, 5) is 10.1. The molecule has 1 aliphatic heterocycles. The van der Waals surface area contributed by atoms with Crippen molar-refractivity contribution < 1.29 is 19.7 Å². The van der Waals surface area contributed by atoms with Gasteiger partial charge in [-0.25, -0.2) is 4.79 Å². The number of carbonyl (C=O) groups is 1. The number of hydrogen-bond acceptors (Lipinski definition) is 4. The van der Waals surface area contributed by atoms with Crippen LogP contribution in [-0.2, 0) is 4.74 Å². The molecule has 1 heterocycles. The predicted molar refractivity (Wildman–Crippen MR) is 53.6 cm³/mol. The van der Waals surface area contributed by atoms with E-state index >= 15 is 0 Å². The minimum Gasteiger partial charge on any atom is -0.465 e. The van der Waals surface area contributed by atoms with E-state index in [0.29, 0.717) is 13.0 Å². The molecular formula is C9H18N2O4. The normalized spacial score (nSPS) is 22.6. The van der Waals surface area contributed by atoms with Crippen LogP contribution >= 0.6 is 0 Å². The van der Waals surface area contributed by atoms with Crippen molar-refractivity contribution in [2.24, 2.45) is 0 Å². The van der Waals surface area contributed by atoms with E-state index in [9.17, 15) is 9.90 Å². The molecule has 0 aromatic carbocycles. The van der Waals surface area contributed by atoms with E-state index < -0.39 is 12.3 Å². The fraction of sp³-hybridized carbons (Fsp3) is 0.889. The predicted octanol–water partition coefficient (Wildman–Crippen LogP) is -0.269. The van der Waals surface area contributed by atoms with Gasteiger partial charge in [0.05, 0.1) is 6.10 Å². The van der Waals surface area contributed by atoms with Gasteiger partial charge in [0.2, 0.25) is 0 Å². The van der Waals surface area contributed by atoms with Gasteiger partial charge in [-0.15, -0.1) is 0 Å². The summed E-state index contributed by atoms with van der Waals surface area (Å²) in [5.41, 5.74) is 0. The highest BCUT2D eigenvalue weighted by molar-refractivity contribution is 5.64. The van der Waals surface area contributed by atoms with Gasteiger partial charge in [-0.2, -0.15) is 0 Å². The molecule has 1 saturated heterocycles. The van der Waals surface area contributed by atoms with Crippen LogP contribution in [-0.4, -0.2) is 48.3 Å². The number of rotatable bonds is 6. The van der Waals surface area contributed by atoms with Crippen molar-refractivity contribution in [2.75, 3.05) is 19.7 Å². The summed E-state index contributed by atoms with van der Waals surface area (Å²) in [6.07, 6.45) is 0.893. The van der Waals surface area contributed by atoms with Gasteiger partial charge < -0.3 is 20.3 Å². The molecule has 0 radical (unpaired) electrons. The van der Waals surface area contributed by atoms with Crippen molar-refractivity contribution in [3.8, 4) is 0 Å². The summed E-state index contributed by atoms with van der Waals surface area (Å²) in [5.74, 6) is 0. The highest BCUT2D eigenvalue weighted by Crippen LogP contribution is 2.10. The van der Waals surface area contributed by atoms with Crippen LogP contribution in [0.3, 0.4) is 0 Å². The topological polar surface area (TPSA) is 90.8 Å². The molecular weight excluding hydrogens is 200 g/mol. The van der Waals surface area contributed by atoms with Gasteiger partial charge in [-0.05, 0) is 12.8 Å². The van der Waals surface area contributed by atoms with E-state index in [1.165, 1.54) is 0 Å². The van der Waals surface area contributed by atoms with Crippen molar-refractivity contribution in [1.29, 1.82) is 0 Å². The Morgan fingerprint density at radius 1 is 1.60 bits per heavy atom. The first-order valence-electron chi connectivity index (χ1n) is 5.18. The molecule has 1 amide bonds. The molecule has 0 aliphatic carbocycles. The molecule has 0 aromatic rings. The molecule has 0 saturated carbocycles. The van der Waals surface area contributed by atoms with Crippen LogP contribution in [0.5, 0.6) is 0 Å². The monoisotopic (exact) mass is 218 g/mol. The summed E-state index contributed by atoms with van der Waals surface area (Å²) in [5, 5.41) is 22.8. The molecule has 2 unspecified atom stereocenters. The average molecular weight is 218 g/mol. The van der Waals surface area contributed by atoms with E-state index in [4.69, 9.17) is 9.84 Å². The highest BCUT2D eigenvalue weighted by Gasteiger charge is 2.16. The first-order valence-corrected chi connectivity index (χ1v) is 5.18. The minimum atomic E-state index is -1.07. The molecule has 6 nitrogen and oxygen atoms in total. The summed E-state index contributed by atoms with van der Waals surface area (Å²) >= 11 is 0. The van der Waals surface area contributed by atoms with Crippen LogP contribution in [0.4, 0.5) is 4.79 Å². The average Bonchev–Trinajstić information content (AvgIpc) is 2.66. The number of aliphatic hydroxyl groups is 1. The highest BCUT2D eigenvalue weighted by atomic mass is 16.5. The minimum absolute atomic E-state index is 0.187. The van der Waals surface area contributed by atoms with E-state index in [2.05, 4.69) is 10.6 Å². The third-order valence-corrected chi connectivity index (χ3v) is 2.30. The lowest BCUT2D eigenvalue weighted by Crippen LogP contribution is -2.37. The van der Waals surface area contributed by atoms with Gasteiger partial charge in [0.1, 0.15) is 6.23 Å². The third kappa shape index (κ3) is 5.56. The van der Waals surface area contributed by atoms with Crippen LogP contribution in [0.15, 0.2) is 0 Å². The quantitative estimate of drug-likeness (QED) is 0.461. The summed E-state index contributed by atoms with van der Waals surface area (Å²) in [6, 6.07) is 0. The van der Waals surface area contributed by atoms with Gasteiger partial charge in [0.15, 0.2) is 0 Å². The Balaban J connectivity index is 1.97. The van der Waals surface area contributed by atoms with Crippen LogP contribution in [0.25, 0.3) is 0 Å². The summed E-state index contributed by atoms with van der Waals surface area (Å²) in [7, 11) is 0. The van der Waals surface area contributed by atoms with Gasteiger partial charge >= 0.3 is 6.09 Å². The van der Waals surface area contributed by atoms with Crippen molar-refractivity contribution in [3.05, 3.63) is 0 Å². The first kappa shape index (κ1) is 12.2. The van der Waals surface area contributed by atoms with Crippen molar-refractivity contribution in [1.82, 2.24) is 10.6 Å². The lowest BCUT2D eigenvalue weighted by molar-refractivity contribution is 0.0744. The molecule has 1 aliphatic rings. The third-order valence-electron chi connectivity index (χ3n) is 2.30. The largest absolute Gasteiger partial charge is 0.465 e. The fourth-order valence-electron chi connectivity index (χ4n) is 1.49. The molecule has 0 aromatic heterocycles. The first-order chi connectivity index (χ1) is 7.18. The molecule has 0 spiro atoms. The van der Waals surface area contributed by atoms with Gasteiger partial charge in [-0.3, -0.25) is 5.32 Å². The second-order valence-electron chi connectivity index (χ2n) is 3.58. The molecule has 15 heavy (non-hydrogen) atoms. The maximum absolute atomic E-state index is 10.1. The number of aliphatic hydroxyl groups excluding tert-OH is 1. The fourth-order valence-corrected chi connectivity index (χ4v) is 1.49. The molecule has 88 valence electrons. The van der Waals surface area contributed by atoms with Crippen molar-refractivity contribution in [2.45, 2.75) is 31.6 Å². The lowest BCUT2D eigenvalue weighted by atomic mass is 10.2. The van der Waals surface area contributed by atoms with Gasteiger partial charge in [0.25, 0.3) is 0 Å². The zero-order chi connectivity index (χ0) is 11.1. The Hall–Kier alpha value is -0.850. The number of ether oxygens (including phenoxy) is 1. The van der Waals surface area contributed by atoms with E-state index in [1.807, 2.05) is 0 Å². The standard InChI is InChI=1S/C9H18N2O4/c12-8(3-4-10-9(13)14)11-6-7-2-1-5-15-7/h7-8,10-12H,1-6H2,(H,13,14). The molecule has 6 heteroatoms. The number of amides is 1. The maximum Gasteiger partial charge on any atom is 0.404 e. The number of hydrogen-bond donors (Lipinski definition) is 4. The van der Waals surface area contributed by atoms with Crippen LogP contribution < -0.4 is 10.6 Å². The van der Waals surface area contributed by atoms with Crippen LogP contribution in [0.1, 0.15) is 19.3 Å². The van der Waals surface area contributed by atoms with E-state index in [-0.39, 0.29) is 12.6 Å². The SMILES string of the molecule is O=C(O)NCCC(O)NCC1CCCO1. The second kappa shape index (κ2) is 6.60. The zero-order valence-electron chi connectivity index (χ0n) is 8.61. The molecule has 4 N–H and O–H groups in total. The van der Waals surface area contributed by atoms with E-state index in [0.717, 1.165) is 19.4 Å². The number of carboxylic acid groups (broad SMARTS) is 1. The Morgan fingerprint density at radius 3 is 3.00 bits per heavy atom. The smallest absolute Gasteiger partial charge is 0.404 e. The van der Waals surface area contributed by atoms with Crippen LogP contribution in [0, 0.1) is 0 Å². The van der Waals surface area contributed by atoms with Crippen LogP contribution in [0.2, 0.25) is 0 Å². The second-order valence-corrected chi connectivity index (χ2v) is 3.58.